The van der Waals surface area contributed by atoms with Crippen LogP contribution in [-0.2, 0) is 5.54 Å². The molecule has 1 atom stereocenters. The number of hydrogen-bond donors (Lipinski definition) is 1. The molecule has 116 valence electrons. The molecule has 0 saturated heterocycles. The molecule has 1 aromatic carbocycles. The van der Waals surface area contributed by atoms with Crippen molar-refractivity contribution in [3.63, 3.8) is 0 Å². The molecule has 5 heteroatoms. The molecule has 1 unspecified atom stereocenters. The molecule has 2 aromatic rings. The van der Waals surface area contributed by atoms with Gasteiger partial charge in [-0.3, -0.25) is 4.79 Å². The molecule has 1 fully saturated rings. The predicted octanol–water partition coefficient (Wildman–Crippen LogP) is 3.05. The van der Waals surface area contributed by atoms with Crippen LogP contribution in [-0.4, -0.2) is 16.0 Å². The lowest BCUT2D eigenvalue weighted by molar-refractivity contribution is 0.0884. The van der Waals surface area contributed by atoms with Gasteiger partial charge in [0, 0.05) is 12.5 Å². The molecule has 1 saturated carbocycles. The molecule has 5 nitrogen and oxygen atoms in total. The van der Waals surface area contributed by atoms with Crippen molar-refractivity contribution in [3.05, 3.63) is 46.6 Å². The zero-order valence-corrected chi connectivity index (χ0v) is 13.4. The fourth-order valence-electron chi connectivity index (χ4n) is 2.80. The molecule has 0 spiro atoms. The quantitative estimate of drug-likeness (QED) is 0.942. The zero-order chi connectivity index (χ0) is 15.9. The Hall–Kier alpha value is -2.17. The maximum Gasteiger partial charge on any atom is 0.252 e. The van der Waals surface area contributed by atoms with E-state index in [1.165, 1.54) is 0 Å². The number of hydrogen-bond acceptors (Lipinski definition) is 4. The third-order valence-electron chi connectivity index (χ3n) is 4.40. The molecule has 1 amide bonds. The smallest absolute Gasteiger partial charge is 0.252 e. The topological polar surface area (TPSA) is 68.0 Å². The fourth-order valence-corrected chi connectivity index (χ4v) is 2.80. The summed E-state index contributed by atoms with van der Waals surface area (Å²) in [7, 11) is 0. The van der Waals surface area contributed by atoms with Crippen LogP contribution >= 0.6 is 0 Å². The van der Waals surface area contributed by atoms with Crippen LogP contribution < -0.4 is 5.32 Å². The van der Waals surface area contributed by atoms with Crippen LogP contribution in [0.4, 0.5) is 0 Å². The van der Waals surface area contributed by atoms with Crippen LogP contribution in [0.5, 0.6) is 0 Å². The number of benzene rings is 1. The van der Waals surface area contributed by atoms with Crippen LogP contribution in [0.3, 0.4) is 0 Å². The molecule has 1 heterocycles. The third kappa shape index (κ3) is 2.63. The first-order chi connectivity index (χ1) is 10.4. The van der Waals surface area contributed by atoms with Crippen LogP contribution in [0.2, 0.25) is 0 Å². The summed E-state index contributed by atoms with van der Waals surface area (Å²) >= 11 is 0. The molecule has 22 heavy (non-hydrogen) atoms. The van der Waals surface area contributed by atoms with Crippen molar-refractivity contribution in [1.82, 2.24) is 15.5 Å². The summed E-state index contributed by atoms with van der Waals surface area (Å²) in [5, 5.41) is 7.18. The van der Waals surface area contributed by atoms with Crippen molar-refractivity contribution in [2.45, 2.75) is 46.1 Å². The van der Waals surface area contributed by atoms with Gasteiger partial charge in [-0.2, -0.15) is 4.98 Å². The first kappa shape index (κ1) is 14.8. The zero-order valence-electron chi connectivity index (χ0n) is 13.4. The van der Waals surface area contributed by atoms with Crippen LogP contribution in [0.15, 0.2) is 22.7 Å². The van der Waals surface area contributed by atoms with E-state index in [-0.39, 0.29) is 5.91 Å². The molecule has 1 aliphatic rings. The van der Waals surface area contributed by atoms with Gasteiger partial charge in [0.2, 0.25) is 5.89 Å². The largest absolute Gasteiger partial charge is 0.340 e. The summed E-state index contributed by atoms with van der Waals surface area (Å²) in [6.45, 7) is 7.68. The van der Waals surface area contributed by atoms with Crippen molar-refractivity contribution < 1.29 is 9.32 Å². The molecule has 0 aliphatic heterocycles. The van der Waals surface area contributed by atoms with Gasteiger partial charge in [-0.25, -0.2) is 0 Å². The molecule has 0 bridgehead atoms. The van der Waals surface area contributed by atoms with Gasteiger partial charge in [-0.15, -0.1) is 0 Å². The second-order valence-corrected chi connectivity index (χ2v) is 6.39. The summed E-state index contributed by atoms with van der Waals surface area (Å²) in [6, 6.07) is 5.89. The first-order valence-corrected chi connectivity index (χ1v) is 7.60. The van der Waals surface area contributed by atoms with Gasteiger partial charge in [0.05, 0.1) is 0 Å². The average molecular weight is 299 g/mol. The van der Waals surface area contributed by atoms with Crippen molar-refractivity contribution in [2.24, 2.45) is 5.92 Å². The molecule has 0 radical (unpaired) electrons. The predicted molar refractivity (Wildman–Crippen MR) is 82.5 cm³/mol. The first-order valence-electron chi connectivity index (χ1n) is 7.60. The number of amides is 1. The minimum absolute atomic E-state index is 0.0851. The van der Waals surface area contributed by atoms with Gasteiger partial charge in [0.25, 0.3) is 5.91 Å². The van der Waals surface area contributed by atoms with E-state index in [1.54, 1.807) is 6.92 Å². The number of nitrogens with one attached hydrogen (secondary N) is 1. The summed E-state index contributed by atoms with van der Waals surface area (Å²) in [5.41, 5.74) is 2.15. The Morgan fingerprint density at radius 3 is 2.64 bits per heavy atom. The van der Waals surface area contributed by atoms with E-state index in [0.717, 1.165) is 24.0 Å². The monoisotopic (exact) mass is 299 g/mol. The minimum Gasteiger partial charge on any atom is -0.340 e. The summed E-state index contributed by atoms with van der Waals surface area (Å²) < 4.78 is 5.11. The van der Waals surface area contributed by atoms with Gasteiger partial charge >= 0.3 is 0 Å². The Bertz CT molecular complexity index is 718. The second kappa shape index (κ2) is 5.23. The van der Waals surface area contributed by atoms with Gasteiger partial charge < -0.3 is 9.84 Å². The summed E-state index contributed by atoms with van der Waals surface area (Å²) in [5.74, 6) is 1.35. The van der Waals surface area contributed by atoms with E-state index in [1.807, 2.05) is 39.0 Å². The highest BCUT2D eigenvalue weighted by molar-refractivity contribution is 5.96. The highest BCUT2D eigenvalue weighted by Gasteiger charge is 2.47. The molecule has 1 aliphatic carbocycles. The van der Waals surface area contributed by atoms with Crippen molar-refractivity contribution >= 4 is 5.91 Å². The number of aromatic nitrogens is 2. The lowest BCUT2D eigenvalue weighted by Gasteiger charge is -2.28. The minimum atomic E-state index is -0.578. The van der Waals surface area contributed by atoms with Crippen molar-refractivity contribution in [3.8, 4) is 0 Å². The Balaban J connectivity index is 1.91. The normalized spacial score (nSPS) is 17.1. The van der Waals surface area contributed by atoms with Gasteiger partial charge in [-0.05, 0) is 51.2 Å². The third-order valence-corrected chi connectivity index (χ3v) is 4.40. The molecular weight excluding hydrogens is 278 g/mol. The van der Waals surface area contributed by atoms with Crippen LogP contribution in [0.25, 0.3) is 0 Å². The standard InChI is InChI=1S/C17H21N3O2/c1-10-5-6-11(2)14(9-10)15(21)19-17(4,13-7-8-13)16-18-12(3)22-20-16/h5-6,9,13H,7-8H2,1-4H3,(H,19,21). The SMILES string of the molecule is Cc1ccc(C)c(C(=O)NC(C)(c2noc(C)n2)C2CC2)c1. The van der Waals surface area contributed by atoms with E-state index in [2.05, 4.69) is 15.5 Å². The maximum absolute atomic E-state index is 12.7. The van der Waals surface area contributed by atoms with E-state index < -0.39 is 5.54 Å². The number of rotatable bonds is 4. The molecule has 1 N–H and O–H groups in total. The highest BCUT2D eigenvalue weighted by atomic mass is 16.5. The van der Waals surface area contributed by atoms with Crippen molar-refractivity contribution in [1.29, 1.82) is 0 Å². The van der Waals surface area contributed by atoms with Crippen molar-refractivity contribution in [2.75, 3.05) is 0 Å². The second-order valence-electron chi connectivity index (χ2n) is 6.39. The fraction of sp³-hybridized carbons (Fsp3) is 0.471. The van der Waals surface area contributed by atoms with E-state index >= 15 is 0 Å². The average Bonchev–Trinajstić information content (AvgIpc) is 3.24. The van der Waals surface area contributed by atoms with E-state index in [0.29, 0.717) is 23.2 Å². The molecule has 1 aromatic heterocycles. The highest BCUT2D eigenvalue weighted by Crippen LogP contribution is 2.44. The van der Waals surface area contributed by atoms with Gasteiger partial charge in [-0.1, -0.05) is 22.9 Å². The Labute approximate surface area is 130 Å². The lowest BCUT2D eigenvalue weighted by atomic mass is 9.93. The molecular formula is C17H21N3O2. The Morgan fingerprint density at radius 1 is 1.32 bits per heavy atom. The van der Waals surface area contributed by atoms with Gasteiger partial charge in [0.15, 0.2) is 5.82 Å². The number of nitrogens with zero attached hydrogens (tertiary/aromatic N) is 2. The number of carbonyl (C=O) groups is 1. The molecule has 3 rings (SSSR count). The lowest BCUT2D eigenvalue weighted by Crippen LogP contribution is -2.46. The Kier molecular flexibility index (Phi) is 3.51. The maximum atomic E-state index is 12.7. The van der Waals surface area contributed by atoms with Crippen LogP contribution in [0.1, 0.15) is 53.0 Å². The number of aryl methyl sites for hydroxylation is 3. The van der Waals surface area contributed by atoms with Gasteiger partial charge in [0.1, 0.15) is 5.54 Å². The van der Waals surface area contributed by atoms with Crippen LogP contribution in [0, 0.1) is 26.7 Å². The summed E-state index contributed by atoms with van der Waals surface area (Å²) in [4.78, 5) is 17.1. The van der Waals surface area contributed by atoms with E-state index in [4.69, 9.17) is 4.52 Å². The number of carbonyl (C=O) groups excluding carboxylic acids is 1. The summed E-state index contributed by atoms with van der Waals surface area (Å²) in [6.07, 6.45) is 2.13. The van der Waals surface area contributed by atoms with E-state index in [9.17, 15) is 4.79 Å². The Morgan fingerprint density at radius 2 is 2.05 bits per heavy atom.